The molecule has 10 heteroatoms. The summed E-state index contributed by atoms with van der Waals surface area (Å²) in [5.74, 6) is -0.765. The van der Waals surface area contributed by atoms with Gasteiger partial charge in [-0.25, -0.2) is 9.97 Å². The number of hydrogen-bond acceptors (Lipinski definition) is 6. The van der Waals surface area contributed by atoms with Crippen LogP contribution < -0.4 is 10.7 Å². The number of azo groups is 1. The van der Waals surface area contributed by atoms with Crippen molar-refractivity contribution >= 4 is 55.9 Å². The normalized spacial score (nSPS) is 13.8. The Morgan fingerprint density at radius 1 is 1.29 bits per heavy atom. The molecule has 3 aromatic rings. The highest BCUT2D eigenvalue weighted by Crippen LogP contribution is 2.36. The van der Waals surface area contributed by atoms with Gasteiger partial charge in [0.05, 0.1) is 10.6 Å². The summed E-state index contributed by atoms with van der Waals surface area (Å²) in [4.78, 5) is 26.5. The van der Waals surface area contributed by atoms with Crippen LogP contribution in [0.2, 0.25) is 5.15 Å². The summed E-state index contributed by atoms with van der Waals surface area (Å²) in [6.45, 7) is 0. The van der Waals surface area contributed by atoms with Crippen molar-refractivity contribution in [2.24, 2.45) is 15.2 Å². The van der Waals surface area contributed by atoms with Crippen LogP contribution in [0.15, 0.2) is 44.1 Å². The lowest BCUT2D eigenvalue weighted by Gasteiger charge is -1.93. The maximum atomic E-state index is 12.0. The Kier molecular flexibility index (Phi) is 3.39. The van der Waals surface area contributed by atoms with Crippen LogP contribution in [0.1, 0.15) is 0 Å². The predicted octanol–water partition coefficient (Wildman–Crippen LogP) is 2.13. The second-order valence-corrected chi connectivity index (χ2v) is 6.15. The van der Waals surface area contributed by atoms with Crippen molar-refractivity contribution in [3.05, 3.63) is 44.7 Å². The molecule has 0 aliphatic carbocycles. The molecule has 0 bridgehead atoms. The lowest BCUT2D eigenvalue weighted by atomic mass is 10.3. The first-order valence-corrected chi connectivity index (χ1v) is 7.78. The molecule has 0 saturated carbocycles. The number of halogens is 2. The molecule has 0 saturated heterocycles. The minimum absolute atomic E-state index is 0.0332. The van der Waals surface area contributed by atoms with Crippen molar-refractivity contribution in [3.63, 3.8) is 0 Å². The fourth-order valence-corrected chi connectivity index (χ4v) is 2.75. The van der Waals surface area contributed by atoms with E-state index < -0.39 is 5.91 Å². The van der Waals surface area contributed by atoms with E-state index in [4.69, 9.17) is 11.6 Å². The van der Waals surface area contributed by atoms with Crippen LogP contribution in [0.3, 0.4) is 0 Å². The molecule has 24 heavy (non-hydrogen) atoms. The minimum Gasteiger partial charge on any atom is -0.493 e. The van der Waals surface area contributed by atoms with Crippen LogP contribution in [-0.4, -0.2) is 26.0 Å². The molecule has 0 spiro atoms. The number of H-pyrrole nitrogens is 1. The van der Waals surface area contributed by atoms with Crippen LogP contribution in [0.5, 0.6) is 5.88 Å². The smallest absolute Gasteiger partial charge is 0.300 e. The summed E-state index contributed by atoms with van der Waals surface area (Å²) in [6.07, 6.45) is 1.58. The van der Waals surface area contributed by atoms with Gasteiger partial charge in [-0.15, -0.1) is 10.2 Å². The second-order valence-electron chi connectivity index (χ2n) is 4.84. The first-order valence-electron chi connectivity index (χ1n) is 6.61. The van der Waals surface area contributed by atoms with E-state index in [1.54, 1.807) is 18.3 Å². The molecule has 2 N–H and O–H groups in total. The zero-order valence-electron chi connectivity index (χ0n) is 11.7. The number of rotatable bonds is 2. The number of nitrogens with one attached hydrogen (secondary N) is 1. The summed E-state index contributed by atoms with van der Waals surface area (Å²) in [5.41, 5.74) is 0.861. The number of aromatic nitrogens is 3. The summed E-state index contributed by atoms with van der Waals surface area (Å²) < 4.78 is 0.717. The monoisotopic (exact) mass is 404 g/mol. The van der Waals surface area contributed by atoms with Gasteiger partial charge in [-0.3, -0.25) is 4.79 Å². The van der Waals surface area contributed by atoms with Gasteiger partial charge in [0.1, 0.15) is 10.8 Å². The van der Waals surface area contributed by atoms with E-state index in [1.807, 2.05) is 0 Å². The lowest BCUT2D eigenvalue weighted by Crippen LogP contribution is -2.26. The van der Waals surface area contributed by atoms with E-state index in [9.17, 15) is 9.90 Å². The quantitative estimate of drug-likeness (QED) is 0.502. The Morgan fingerprint density at radius 2 is 2.12 bits per heavy atom. The van der Waals surface area contributed by atoms with Crippen molar-refractivity contribution in [2.75, 3.05) is 0 Å². The molecular weight excluding hydrogens is 400 g/mol. The molecule has 4 heterocycles. The highest BCUT2D eigenvalue weighted by molar-refractivity contribution is 9.10. The zero-order valence-corrected chi connectivity index (χ0v) is 14.0. The van der Waals surface area contributed by atoms with E-state index in [0.29, 0.717) is 20.7 Å². The van der Waals surface area contributed by atoms with Gasteiger partial charge in [-0.2, -0.15) is 4.99 Å². The second kappa shape index (κ2) is 5.46. The Morgan fingerprint density at radius 3 is 2.96 bits per heavy atom. The SMILES string of the molecule is O=C1N=c2nc(Cl)ccc2=C1N=Nc1c(O)[nH]c2ncc(Br)cc12. The summed E-state index contributed by atoms with van der Waals surface area (Å²) in [6, 6.07) is 4.86. The number of nitrogens with zero attached hydrogens (tertiary/aromatic N) is 5. The van der Waals surface area contributed by atoms with E-state index in [1.165, 1.54) is 6.07 Å². The van der Waals surface area contributed by atoms with Gasteiger partial charge in [0.25, 0.3) is 5.91 Å². The third-order valence-corrected chi connectivity index (χ3v) is 3.97. The van der Waals surface area contributed by atoms with Gasteiger partial charge in [0.2, 0.25) is 5.88 Å². The highest BCUT2D eigenvalue weighted by atomic mass is 79.9. The Hall–Kier alpha value is -2.65. The Bertz CT molecular complexity index is 1170. The van der Waals surface area contributed by atoms with Crippen LogP contribution in [0.25, 0.3) is 16.7 Å². The van der Waals surface area contributed by atoms with Gasteiger partial charge in [0.15, 0.2) is 16.9 Å². The molecule has 8 nitrogen and oxygen atoms in total. The minimum atomic E-state index is -0.567. The predicted molar refractivity (Wildman–Crippen MR) is 88.4 cm³/mol. The van der Waals surface area contributed by atoms with Crippen LogP contribution in [0.4, 0.5) is 5.69 Å². The fourth-order valence-electron chi connectivity index (χ4n) is 2.28. The third kappa shape index (κ3) is 2.38. The third-order valence-electron chi connectivity index (χ3n) is 3.33. The molecule has 4 rings (SSSR count). The number of aromatic hydroxyl groups is 1. The molecule has 0 unspecified atom stereocenters. The van der Waals surface area contributed by atoms with Crippen molar-refractivity contribution < 1.29 is 9.90 Å². The number of fused-ring (bicyclic) bond motifs is 2. The Balaban J connectivity index is 1.87. The van der Waals surface area contributed by atoms with Gasteiger partial charge in [-0.1, -0.05) is 11.6 Å². The van der Waals surface area contributed by atoms with Gasteiger partial charge >= 0.3 is 0 Å². The van der Waals surface area contributed by atoms with Gasteiger partial charge in [0, 0.05) is 10.7 Å². The van der Waals surface area contributed by atoms with Crippen molar-refractivity contribution in [1.29, 1.82) is 0 Å². The van der Waals surface area contributed by atoms with Crippen molar-refractivity contribution in [1.82, 2.24) is 15.0 Å². The summed E-state index contributed by atoms with van der Waals surface area (Å²) in [7, 11) is 0. The molecule has 3 aromatic heterocycles. The number of amides is 1. The van der Waals surface area contributed by atoms with Crippen LogP contribution in [-0.2, 0) is 4.79 Å². The number of pyridine rings is 2. The highest BCUT2D eigenvalue weighted by Gasteiger charge is 2.18. The lowest BCUT2D eigenvalue weighted by molar-refractivity contribution is -0.112. The van der Waals surface area contributed by atoms with Crippen molar-refractivity contribution in [2.45, 2.75) is 0 Å². The number of aromatic amines is 1. The molecule has 1 aliphatic heterocycles. The topological polar surface area (TPSA) is 116 Å². The van der Waals surface area contributed by atoms with Crippen LogP contribution in [0, 0.1) is 0 Å². The first kappa shape index (κ1) is 14.9. The van der Waals surface area contributed by atoms with E-state index >= 15 is 0 Å². The molecule has 0 radical (unpaired) electrons. The number of carbonyl (C=O) groups is 1. The Labute approximate surface area is 146 Å². The molecular formula is C14H6BrClN6O2. The maximum Gasteiger partial charge on any atom is 0.300 e. The van der Waals surface area contributed by atoms with Gasteiger partial charge in [-0.05, 0) is 34.1 Å². The summed E-state index contributed by atoms with van der Waals surface area (Å²) >= 11 is 9.09. The molecule has 0 fully saturated rings. The number of hydrogen-bond donors (Lipinski definition) is 2. The standard InChI is InChI=1S/C14H6BrClN6O2/c15-5-3-7-10(14(24)19-11(7)17-4-5)22-21-9-6-1-2-8(16)18-12(6)20-13(9)23/h1-4,24H,(H,17,19). The average Bonchev–Trinajstić information content (AvgIpc) is 3.00. The molecule has 0 atom stereocenters. The van der Waals surface area contributed by atoms with E-state index in [0.717, 1.165) is 0 Å². The first-order chi connectivity index (χ1) is 11.5. The zero-order chi connectivity index (χ0) is 16.8. The fraction of sp³-hybridized carbons (Fsp3) is 0. The molecule has 1 aliphatic rings. The van der Waals surface area contributed by atoms with E-state index in [-0.39, 0.29) is 27.9 Å². The summed E-state index contributed by atoms with van der Waals surface area (Å²) in [5, 5.41) is 19.2. The van der Waals surface area contributed by atoms with Gasteiger partial charge < -0.3 is 10.1 Å². The average molecular weight is 406 g/mol. The molecule has 1 amide bonds. The molecule has 118 valence electrons. The largest absolute Gasteiger partial charge is 0.493 e. The number of carbonyl (C=O) groups excluding carboxylic acids is 1. The van der Waals surface area contributed by atoms with Crippen molar-refractivity contribution in [3.8, 4) is 5.88 Å². The van der Waals surface area contributed by atoms with Crippen LogP contribution >= 0.6 is 27.5 Å². The molecule has 0 aromatic carbocycles. The van der Waals surface area contributed by atoms with E-state index in [2.05, 4.69) is 46.1 Å². The maximum absolute atomic E-state index is 12.0.